The van der Waals surface area contributed by atoms with E-state index < -0.39 is 0 Å². The average Bonchev–Trinajstić information content (AvgIpc) is 2.60. The Morgan fingerprint density at radius 2 is 1.71 bits per heavy atom. The number of hydrogen-bond acceptors (Lipinski definition) is 4. The summed E-state index contributed by atoms with van der Waals surface area (Å²) in [5.41, 5.74) is 8.57. The molecule has 0 atom stereocenters. The van der Waals surface area contributed by atoms with Gasteiger partial charge in [0.05, 0.1) is 19.8 Å². The molecule has 2 aromatic rings. The summed E-state index contributed by atoms with van der Waals surface area (Å²) in [5, 5.41) is 2.56. The molecule has 1 aliphatic heterocycles. The number of nitrogens with two attached hydrogens (primary N) is 1. The molecule has 1 saturated heterocycles. The van der Waals surface area contributed by atoms with Gasteiger partial charge >= 0.3 is 0 Å². The molecule has 4 heteroatoms. The minimum atomic E-state index is 0.388. The average molecular weight is 328 g/mol. The molecule has 0 amide bonds. The summed E-state index contributed by atoms with van der Waals surface area (Å²) in [4.78, 5) is 2.50. The summed E-state index contributed by atoms with van der Waals surface area (Å²) in [6.07, 6.45) is 2.22. The second-order valence-electron chi connectivity index (χ2n) is 6.67. The van der Waals surface area contributed by atoms with Crippen molar-refractivity contribution in [2.45, 2.75) is 32.0 Å². The number of benzene rings is 2. The van der Waals surface area contributed by atoms with E-state index in [0.717, 1.165) is 32.5 Å². The number of rotatable bonds is 7. The van der Waals surface area contributed by atoms with Crippen molar-refractivity contribution in [2.24, 2.45) is 5.73 Å². The molecule has 1 fully saturated rings. The first-order valence-electron chi connectivity index (χ1n) is 8.81. The molecule has 0 unspecified atom stereocenters. The summed E-state index contributed by atoms with van der Waals surface area (Å²) in [7, 11) is 1.69. The Bertz CT molecular complexity index is 651. The number of hydrogen-bond donors (Lipinski definition) is 1. The molecule has 1 aliphatic rings. The SMILES string of the molecule is COCCOCc1ccc2ccc(CN3CCC(N)CC3)cc2c1. The van der Waals surface area contributed by atoms with Gasteiger partial charge in [0.1, 0.15) is 0 Å². The van der Waals surface area contributed by atoms with E-state index in [1.807, 2.05) is 0 Å². The fourth-order valence-corrected chi connectivity index (χ4v) is 3.24. The lowest BCUT2D eigenvalue weighted by molar-refractivity contribution is 0.0617. The van der Waals surface area contributed by atoms with E-state index in [1.165, 1.54) is 21.9 Å². The molecule has 0 bridgehead atoms. The van der Waals surface area contributed by atoms with E-state index in [4.69, 9.17) is 15.2 Å². The molecule has 130 valence electrons. The largest absolute Gasteiger partial charge is 0.382 e. The van der Waals surface area contributed by atoms with E-state index in [-0.39, 0.29) is 0 Å². The van der Waals surface area contributed by atoms with Gasteiger partial charge in [-0.15, -0.1) is 0 Å². The van der Waals surface area contributed by atoms with Crippen molar-refractivity contribution in [3.8, 4) is 0 Å². The Hall–Kier alpha value is -1.46. The molecule has 0 aliphatic carbocycles. The Morgan fingerprint density at radius 1 is 1.00 bits per heavy atom. The van der Waals surface area contributed by atoms with Crippen LogP contribution < -0.4 is 5.73 Å². The predicted octanol–water partition coefficient (Wildman–Crippen LogP) is 2.93. The summed E-state index contributed by atoms with van der Waals surface area (Å²) < 4.78 is 10.6. The van der Waals surface area contributed by atoms with Gasteiger partial charge < -0.3 is 15.2 Å². The quantitative estimate of drug-likeness (QED) is 0.794. The van der Waals surface area contributed by atoms with Crippen LogP contribution in [0.4, 0.5) is 0 Å². The Labute approximate surface area is 144 Å². The second-order valence-corrected chi connectivity index (χ2v) is 6.67. The fraction of sp³-hybridized carbons (Fsp3) is 0.500. The Kier molecular flexibility index (Phi) is 6.21. The van der Waals surface area contributed by atoms with Crippen LogP contribution in [0.15, 0.2) is 36.4 Å². The number of ether oxygens (including phenoxy) is 2. The van der Waals surface area contributed by atoms with Crippen LogP contribution in [-0.4, -0.2) is 44.4 Å². The van der Waals surface area contributed by atoms with Crippen molar-refractivity contribution < 1.29 is 9.47 Å². The first-order valence-corrected chi connectivity index (χ1v) is 8.81. The Balaban J connectivity index is 1.64. The van der Waals surface area contributed by atoms with Crippen LogP contribution in [0.1, 0.15) is 24.0 Å². The van der Waals surface area contributed by atoms with Crippen molar-refractivity contribution >= 4 is 10.8 Å². The lowest BCUT2D eigenvalue weighted by Gasteiger charge is -2.30. The highest BCUT2D eigenvalue weighted by Crippen LogP contribution is 2.20. The maximum atomic E-state index is 5.99. The van der Waals surface area contributed by atoms with Crippen LogP contribution in [0.5, 0.6) is 0 Å². The van der Waals surface area contributed by atoms with Gasteiger partial charge in [0.15, 0.2) is 0 Å². The standard InChI is InChI=1S/C20H28N2O2/c1-23-10-11-24-15-17-3-5-18-4-2-16(12-19(18)13-17)14-22-8-6-20(21)7-9-22/h2-5,12-13,20H,6-11,14-15,21H2,1H3. The third-order valence-electron chi connectivity index (χ3n) is 4.71. The summed E-state index contributed by atoms with van der Waals surface area (Å²) in [6.45, 7) is 5.12. The van der Waals surface area contributed by atoms with Crippen LogP contribution in [-0.2, 0) is 22.6 Å². The van der Waals surface area contributed by atoms with Crippen LogP contribution in [0.2, 0.25) is 0 Å². The number of methoxy groups -OCH3 is 1. The lowest BCUT2D eigenvalue weighted by atomic mass is 10.0. The van der Waals surface area contributed by atoms with Gasteiger partial charge in [-0.2, -0.15) is 0 Å². The van der Waals surface area contributed by atoms with Crippen LogP contribution >= 0.6 is 0 Å². The van der Waals surface area contributed by atoms with Gasteiger partial charge in [-0.25, -0.2) is 0 Å². The normalized spacial score (nSPS) is 16.8. The smallest absolute Gasteiger partial charge is 0.0718 e. The maximum Gasteiger partial charge on any atom is 0.0718 e. The molecule has 2 aromatic carbocycles. The molecule has 4 nitrogen and oxygen atoms in total. The van der Waals surface area contributed by atoms with E-state index in [9.17, 15) is 0 Å². The van der Waals surface area contributed by atoms with Gasteiger partial charge in [0, 0.05) is 19.7 Å². The highest BCUT2D eigenvalue weighted by molar-refractivity contribution is 5.83. The zero-order valence-corrected chi connectivity index (χ0v) is 14.5. The van der Waals surface area contributed by atoms with Gasteiger partial charge in [-0.1, -0.05) is 24.3 Å². The predicted molar refractivity (Wildman–Crippen MR) is 98.0 cm³/mol. The van der Waals surface area contributed by atoms with Gasteiger partial charge in [-0.3, -0.25) is 4.90 Å². The minimum absolute atomic E-state index is 0.388. The Morgan fingerprint density at radius 3 is 2.46 bits per heavy atom. The molecular weight excluding hydrogens is 300 g/mol. The third kappa shape index (κ3) is 4.77. The number of likely N-dealkylation sites (tertiary alicyclic amines) is 1. The van der Waals surface area contributed by atoms with E-state index >= 15 is 0 Å². The minimum Gasteiger partial charge on any atom is -0.382 e. The van der Waals surface area contributed by atoms with Crippen LogP contribution in [0.25, 0.3) is 10.8 Å². The van der Waals surface area contributed by atoms with Crippen LogP contribution in [0, 0.1) is 0 Å². The van der Waals surface area contributed by atoms with Gasteiger partial charge in [0.2, 0.25) is 0 Å². The summed E-state index contributed by atoms with van der Waals surface area (Å²) in [5.74, 6) is 0. The zero-order valence-electron chi connectivity index (χ0n) is 14.5. The number of nitrogens with zero attached hydrogens (tertiary/aromatic N) is 1. The molecule has 0 aromatic heterocycles. The topological polar surface area (TPSA) is 47.7 Å². The molecule has 0 saturated carbocycles. The highest BCUT2D eigenvalue weighted by atomic mass is 16.5. The van der Waals surface area contributed by atoms with Crippen molar-refractivity contribution in [3.63, 3.8) is 0 Å². The molecule has 2 N–H and O–H groups in total. The van der Waals surface area contributed by atoms with Crippen LogP contribution in [0.3, 0.4) is 0 Å². The summed E-state index contributed by atoms with van der Waals surface area (Å²) in [6, 6.07) is 13.7. The van der Waals surface area contributed by atoms with E-state index in [2.05, 4.69) is 41.3 Å². The molecule has 1 heterocycles. The maximum absolute atomic E-state index is 5.99. The zero-order chi connectivity index (χ0) is 16.8. The van der Waals surface area contributed by atoms with Gasteiger partial charge in [0.25, 0.3) is 0 Å². The van der Waals surface area contributed by atoms with Crippen molar-refractivity contribution in [1.29, 1.82) is 0 Å². The fourth-order valence-electron chi connectivity index (χ4n) is 3.24. The van der Waals surface area contributed by atoms with Crippen molar-refractivity contribution in [3.05, 3.63) is 47.5 Å². The molecule has 0 spiro atoms. The van der Waals surface area contributed by atoms with E-state index in [1.54, 1.807) is 7.11 Å². The molecule has 3 rings (SSSR count). The molecular formula is C20H28N2O2. The summed E-state index contributed by atoms with van der Waals surface area (Å²) >= 11 is 0. The van der Waals surface area contributed by atoms with Crippen molar-refractivity contribution in [1.82, 2.24) is 4.90 Å². The van der Waals surface area contributed by atoms with Crippen molar-refractivity contribution in [2.75, 3.05) is 33.4 Å². The third-order valence-corrected chi connectivity index (χ3v) is 4.71. The van der Waals surface area contributed by atoms with Gasteiger partial charge in [-0.05, 0) is 60.0 Å². The highest BCUT2D eigenvalue weighted by Gasteiger charge is 2.15. The lowest BCUT2D eigenvalue weighted by Crippen LogP contribution is -2.39. The first-order chi connectivity index (χ1) is 11.7. The number of piperidine rings is 1. The second kappa shape index (κ2) is 8.58. The monoisotopic (exact) mass is 328 g/mol. The number of fused-ring (bicyclic) bond motifs is 1. The van der Waals surface area contributed by atoms with E-state index in [0.29, 0.717) is 25.9 Å². The molecule has 0 radical (unpaired) electrons. The first kappa shape index (κ1) is 17.4. The molecule has 24 heavy (non-hydrogen) atoms.